The number of hydrogen-bond donors (Lipinski definition) is 0. The Hall–Kier alpha value is -1.14. The third-order valence-corrected chi connectivity index (χ3v) is 3.61. The van der Waals surface area contributed by atoms with Gasteiger partial charge in [-0.25, -0.2) is 0 Å². The van der Waals surface area contributed by atoms with E-state index in [1.807, 2.05) is 0 Å². The molecule has 0 radical (unpaired) electrons. The first-order chi connectivity index (χ1) is 8.22. The van der Waals surface area contributed by atoms with E-state index in [4.69, 9.17) is 21.1 Å². The first kappa shape index (κ1) is 12.3. The zero-order chi connectivity index (χ0) is 12.3. The maximum absolute atomic E-state index is 10.9. The van der Waals surface area contributed by atoms with Crippen molar-refractivity contribution in [2.75, 3.05) is 24.8 Å². The van der Waals surface area contributed by atoms with Crippen LogP contribution in [0.15, 0.2) is 17.0 Å². The molecule has 5 nitrogen and oxygen atoms in total. The predicted molar refractivity (Wildman–Crippen MR) is 65.5 cm³/mol. The summed E-state index contributed by atoms with van der Waals surface area (Å²) < 4.78 is 10.7. The minimum atomic E-state index is -0.422. The van der Waals surface area contributed by atoms with Crippen molar-refractivity contribution in [3.63, 3.8) is 0 Å². The number of benzene rings is 1. The molecule has 0 saturated carbocycles. The van der Waals surface area contributed by atoms with Crippen molar-refractivity contribution in [3.8, 4) is 11.5 Å². The van der Waals surface area contributed by atoms with Gasteiger partial charge in [-0.3, -0.25) is 10.1 Å². The minimum Gasteiger partial charge on any atom is -0.486 e. The molecule has 17 heavy (non-hydrogen) atoms. The van der Waals surface area contributed by atoms with Gasteiger partial charge < -0.3 is 9.47 Å². The third-order valence-electron chi connectivity index (χ3n) is 2.16. The van der Waals surface area contributed by atoms with Crippen molar-refractivity contribution in [2.24, 2.45) is 0 Å². The van der Waals surface area contributed by atoms with E-state index in [-0.39, 0.29) is 5.69 Å². The summed E-state index contributed by atoms with van der Waals surface area (Å²) in [4.78, 5) is 11.1. The van der Waals surface area contributed by atoms with Crippen LogP contribution in [-0.4, -0.2) is 29.8 Å². The molecule has 0 N–H and O–H groups in total. The second-order valence-electron chi connectivity index (χ2n) is 3.26. The second-order valence-corrected chi connectivity index (χ2v) is 4.77. The molecule has 1 heterocycles. The summed E-state index contributed by atoms with van der Waals surface area (Å²) in [7, 11) is 0. The van der Waals surface area contributed by atoms with Crippen molar-refractivity contribution in [3.05, 3.63) is 22.2 Å². The number of thioether (sulfide) groups is 1. The Bertz CT molecular complexity index is 441. The molecule has 2 rings (SSSR count). The van der Waals surface area contributed by atoms with Crippen LogP contribution in [0.1, 0.15) is 0 Å². The van der Waals surface area contributed by atoms with Crippen LogP contribution in [0.5, 0.6) is 11.5 Å². The Morgan fingerprint density at radius 1 is 1.35 bits per heavy atom. The highest BCUT2D eigenvalue weighted by molar-refractivity contribution is 7.99. The molecule has 0 unspecified atom stereocenters. The molecule has 0 spiro atoms. The lowest BCUT2D eigenvalue weighted by atomic mass is 10.2. The van der Waals surface area contributed by atoms with E-state index in [0.29, 0.717) is 41.2 Å². The smallest absolute Gasteiger partial charge is 0.286 e. The minimum absolute atomic E-state index is 0.0318. The Balaban J connectivity index is 2.37. The third kappa shape index (κ3) is 2.76. The van der Waals surface area contributed by atoms with Crippen LogP contribution in [0, 0.1) is 10.1 Å². The van der Waals surface area contributed by atoms with E-state index in [1.54, 1.807) is 6.07 Å². The van der Waals surface area contributed by atoms with E-state index >= 15 is 0 Å². The summed E-state index contributed by atoms with van der Waals surface area (Å²) >= 11 is 6.92. The predicted octanol–water partition coefficient (Wildman–Crippen LogP) is 2.70. The van der Waals surface area contributed by atoms with Gasteiger partial charge in [0.15, 0.2) is 11.5 Å². The summed E-state index contributed by atoms with van der Waals surface area (Å²) in [6.45, 7) is 0.878. The number of rotatable bonds is 4. The summed E-state index contributed by atoms with van der Waals surface area (Å²) in [6, 6.07) is 3.05. The molecule has 0 bridgehead atoms. The largest absolute Gasteiger partial charge is 0.486 e. The van der Waals surface area contributed by atoms with Gasteiger partial charge in [-0.1, -0.05) is 0 Å². The summed E-state index contributed by atoms with van der Waals surface area (Å²) in [6.07, 6.45) is 0. The highest BCUT2D eigenvalue weighted by atomic mass is 35.5. The fourth-order valence-corrected chi connectivity index (χ4v) is 2.47. The van der Waals surface area contributed by atoms with Gasteiger partial charge in [0.1, 0.15) is 13.2 Å². The van der Waals surface area contributed by atoms with Crippen molar-refractivity contribution in [1.29, 1.82) is 0 Å². The first-order valence-electron chi connectivity index (χ1n) is 4.99. The molecule has 7 heteroatoms. The Morgan fingerprint density at radius 2 is 2.00 bits per heavy atom. The topological polar surface area (TPSA) is 61.6 Å². The van der Waals surface area contributed by atoms with Gasteiger partial charge in [0.2, 0.25) is 0 Å². The van der Waals surface area contributed by atoms with Gasteiger partial charge in [-0.2, -0.15) is 0 Å². The normalized spacial score (nSPS) is 13.5. The highest BCUT2D eigenvalue weighted by Gasteiger charge is 2.22. The molecular weight excluding hydrogens is 266 g/mol. The van der Waals surface area contributed by atoms with Crippen LogP contribution in [0.25, 0.3) is 0 Å². The van der Waals surface area contributed by atoms with Crippen LogP contribution in [0.4, 0.5) is 5.69 Å². The molecule has 0 amide bonds. The van der Waals surface area contributed by atoms with Crippen molar-refractivity contribution < 1.29 is 14.4 Å². The molecule has 1 aliphatic heterocycles. The van der Waals surface area contributed by atoms with E-state index in [9.17, 15) is 10.1 Å². The molecule has 1 aliphatic rings. The van der Waals surface area contributed by atoms with Gasteiger partial charge in [0, 0.05) is 17.7 Å². The Kier molecular flexibility index (Phi) is 3.96. The fraction of sp³-hybridized carbons (Fsp3) is 0.400. The Labute approximate surface area is 107 Å². The van der Waals surface area contributed by atoms with Gasteiger partial charge in [0.25, 0.3) is 5.69 Å². The molecule has 0 aliphatic carbocycles. The van der Waals surface area contributed by atoms with Crippen LogP contribution < -0.4 is 9.47 Å². The average Bonchev–Trinajstić information content (AvgIpc) is 2.35. The number of nitrogens with zero attached hydrogens (tertiary/aromatic N) is 1. The summed E-state index contributed by atoms with van der Waals surface area (Å²) in [5.74, 6) is 2.04. The maximum Gasteiger partial charge on any atom is 0.286 e. The van der Waals surface area contributed by atoms with Crippen LogP contribution in [0.3, 0.4) is 0 Å². The molecule has 1 aromatic carbocycles. The number of nitro groups is 1. The first-order valence-corrected chi connectivity index (χ1v) is 6.51. The average molecular weight is 276 g/mol. The lowest BCUT2D eigenvalue weighted by molar-refractivity contribution is -0.387. The van der Waals surface area contributed by atoms with E-state index in [2.05, 4.69) is 0 Å². The van der Waals surface area contributed by atoms with Gasteiger partial charge in [0.05, 0.1) is 15.9 Å². The quantitative estimate of drug-likeness (QED) is 0.366. The molecule has 92 valence electrons. The maximum atomic E-state index is 10.9. The highest BCUT2D eigenvalue weighted by Crippen LogP contribution is 2.40. The van der Waals surface area contributed by atoms with Gasteiger partial charge in [-0.15, -0.1) is 23.4 Å². The zero-order valence-corrected chi connectivity index (χ0v) is 10.4. The summed E-state index contributed by atoms with van der Waals surface area (Å²) in [5, 5.41) is 10.9. The standard InChI is InChI=1S/C10H10ClNO4S/c11-1-4-17-10-6-9-8(15-2-3-16-9)5-7(10)12(13)14/h5-6H,1-4H2. The monoisotopic (exact) mass is 275 g/mol. The molecule has 0 fully saturated rings. The number of alkyl halides is 1. The van der Waals surface area contributed by atoms with Crippen molar-refractivity contribution in [1.82, 2.24) is 0 Å². The fourth-order valence-electron chi connectivity index (χ4n) is 1.47. The number of nitro benzene ring substituents is 1. The molecular formula is C10H10ClNO4S. The SMILES string of the molecule is O=[N+]([O-])c1cc2c(cc1SCCCl)OCCO2. The molecule has 0 saturated heterocycles. The van der Waals surface area contributed by atoms with Crippen LogP contribution >= 0.6 is 23.4 Å². The van der Waals surface area contributed by atoms with E-state index < -0.39 is 4.92 Å². The van der Waals surface area contributed by atoms with Gasteiger partial charge in [-0.05, 0) is 0 Å². The van der Waals surface area contributed by atoms with Crippen LogP contribution in [-0.2, 0) is 0 Å². The van der Waals surface area contributed by atoms with E-state index in [0.717, 1.165) is 0 Å². The van der Waals surface area contributed by atoms with Crippen LogP contribution in [0.2, 0.25) is 0 Å². The number of hydrogen-bond acceptors (Lipinski definition) is 5. The van der Waals surface area contributed by atoms with Gasteiger partial charge >= 0.3 is 0 Å². The lowest BCUT2D eigenvalue weighted by Crippen LogP contribution is -2.15. The van der Waals surface area contributed by atoms with E-state index in [1.165, 1.54) is 17.8 Å². The number of fused-ring (bicyclic) bond motifs is 1. The number of halogens is 1. The zero-order valence-electron chi connectivity index (χ0n) is 8.85. The lowest BCUT2D eigenvalue weighted by Gasteiger charge is -2.18. The molecule has 0 aromatic heterocycles. The summed E-state index contributed by atoms with van der Waals surface area (Å²) in [5.41, 5.74) is 0.0318. The van der Waals surface area contributed by atoms with Crippen molar-refractivity contribution in [2.45, 2.75) is 4.90 Å². The molecule has 1 aromatic rings. The number of ether oxygens (including phenoxy) is 2. The van der Waals surface area contributed by atoms with Crippen molar-refractivity contribution >= 4 is 29.1 Å². The Morgan fingerprint density at radius 3 is 2.59 bits per heavy atom. The molecule has 0 atom stereocenters. The second kappa shape index (κ2) is 5.46.